The third kappa shape index (κ3) is 3.98. The van der Waals surface area contributed by atoms with Gasteiger partial charge < -0.3 is 0 Å². The molecule has 0 saturated carbocycles. The van der Waals surface area contributed by atoms with Crippen molar-refractivity contribution in [2.24, 2.45) is 0 Å². The average molecular weight is 147 g/mol. The van der Waals surface area contributed by atoms with Gasteiger partial charge >= 0.3 is 52.4 Å². The summed E-state index contributed by atoms with van der Waals surface area (Å²) < 4.78 is 9.66. The number of hydrogen-bond acceptors (Lipinski definition) is 3. The molecule has 1 atom stereocenters. The molecule has 0 bridgehead atoms. The molecule has 0 heterocycles. The second kappa shape index (κ2) is 4.33. The fourth-order valence-corrected chi connectivity index (χ4v) is 0.431. The third-order valence-corrected chi connectivity index (χ3v) is 0.918. The molecule has 0 amide bonds. The number of carbonyl (C=O) groups is 1. The van der Waals surface area contributed by atoms with Crippen molar-refractivity contribution < 1.29 is 14.5 Å². The molecule has 0 spiro atoms. The molecule has 5 heteroatoms. The molecule has 0 aliphatic heterocycles. The van der Waals surface area contributed by atoms with E-state index in [4.69, 9.17) is 5.11 Å². The number of nitrogens with one attached hydrogen (secondary N) is 1. The first-order chi connectivity index (χ1) is 4.18. The Morgan fingerprint density at radius 3 is 2.78 bits per heavy atom. The minimum atomic E-state index is -0.994. The van der Waals surface area contributed by atoms with E-state index in [9.17, 15) is 9.36 Å². The van der Waals surface area contributed by atoms with Gasteiger partial charge in [0.1, 0.15) is 0 Å². The molecule has 0 fully saturated rings. The van der Waals surface area contributed by atoms with Gasteiger partial charge in [-0.25, -0.2) is 0 Å². The van der Waals surface area contributed by atoms with E-state index in [1.807, 2.05) is 0 Å². The van der Waals surface area contributed by atoms with Crippen LogP contribution in [0, 0.1) is 5.75 Å². The van der Waals surface area contributed by atoms with Crippen LogP contribution in [0.5, 0.6) is 0 Å². The van der Waals surface area contributed by atoms with Crippen molar-refractivity contribution in [3.8, 4) is 5.75 Å². The van der Waals surface area contributed by atoms with Gasteiger partial charge in [-0.3, -0.25) is 0 Å². The van der Waals surface area contributed by atoms with Crippen LogP contribution in [0.15, 0.2) is 0 Å². The summed E-state index contributed by atoms with van der Waals surface area (Å²) in [5, 5.41) is 10.5. The Labute approximate surface area is 53.4 Å². The molecule has 0 aliphatic rings. The summed E-state index contributed by atoms with van der Waals surface area (Å²) in [4.78, 5) is 10.00. The fourth-order valence-electron chi connectivity index (χ4n) is 0.185. The van der Waals surface area contributed by atoms with Crippen molar-refractivity contribution in [3.05, 3.63) is 0 Å². The Morgan fingerprint density at radius 2 is 2.44 bits per heavy atom. The maximum atomic E-state index is 10.00. The minimum absolute atomic E-state index is 0.329. The molecule has 0 aliphatic carbocycles. The maximum absolute atomic E-state index is 10.00. The summed E-state index contributed by atoms with van der Waals surface area (Å²) >= 11 is 0. The zero-order valence-electron chi connectivity index (χ0n) is 4.79. The number of aliphatic carboxylic acids is 1. The Balaban J connectivity index is 3.72. The quantitative estimate of drug-likeness (QED) is 0.434. The first kappa shape index (κ1) is 8.44. The van der Waals surface area contributed by atoms with Crippen LogP contribution in [0.4, 0.5) is 0 Å². The molecule has 4 nitrogen and oxygen atoms in total. The first-order valence-electron chi connectivity index (χ1n) is 2.24. The molecule has 50 valence electrons. The van der Waals surface area contributed by atoms with Crippen LogP contribution in [0.2, 0.25) is 0 Å². The van der Waals surface area contributed by atoms with Crippen molar-refractivity contribution >= 4 is 13.9 Å². The molecule has 9 heavy (non-hydrogen) atoms. The van der Waals surface area contributed by atoms with Crippen LogP contribution in [-0.4, -0.2) is 17.1 Å². The summed E-state index contributed by atoms with van der Waals surface area (Å²) in [6.45, 7) is 1.43. The summed E-state index contributed by atoms with van der Waals surface area (Å²) in [6.07, 6.45) is 0. The topological polar surface area (TPSA) is 66.4 Å². The van der Waals surface area contributed by atoms with E-state index in [0.717, 1.165) is 0 Å². The van der Waals surface area contributed by atoms with Crippen molar-refractivity contribution in [1.29, 1.82) is 0 Å². The van der Waals surface area contributed by atoms with Crippen molar-refractivity contribution in [1.82, 2.24) is 5.32 Å². The molecular formula is C4H6NO3P. The Kier molecular flexibility index (Phi) is 4.06. The van der Waals surface area contributed by atoms with Crippen LogP contribution >= 0.6 is 7.92 Å². The summed E-state index contributed by atoms with van der Waals surface area (Å²) in [5.41, 5.74) is 0. The van der Waals surface area contributed by atoms with E-state index in [1.54, 1.807) is 0 Å². The van der Waals surface area contributed by atoms with Gasteiger partial charge in [-0.15, -0.1) is 0 Å². The first-order valence-corrected chi connectivity index (χ1v) is 3.05. The Bertz CT molecular complexity index is 195. The number of hydrogen-bond donors (Lipinski definition) is 2. The summed E-state index contributed by atoms with van der Waals surface area (Å²) in [7, 11) is -0.329. The zero-order chi connectivity index (χ0) is 7.28. The van der Waals surface area contributed by atoms with E-state index in [-0.39, 0.29) is 7.92 Å². The SMILES string of the molecule is C[C@H](NC#P=O)C(=O)O. The molecule has 0 saturated heterocycles. The van der Waals surface area contributed by atoms with Crippen molar-refractivity contribution in [3.63, 3.8) is 0 Å². The average Bonchev–Trinajstić information content (AvgIpc) is 1.82. The van der Waals surface area contributed by atoms with Crippen molar-refractivity contribution in [2.45, 2.75) is 13.0 Å². The Hall–Kier alpha value is -0.560. The van der Waals surface area contributed by atoms with Gasteiger partial charge in [-0.05, 0) is 0 Å². The number of carboxylic acid groups (broad SMARTS) is 1. The second-order valence-electron chi connectivity index (χ2n) is 1.41. The van der Waals surface area contributed by atoms with Crippen LogP contribution in [0.1, 0.15) is 6.92 Å². The molecule has 0 radical (unpaired) electrons. The molecule has 0 unspecified atom stereocenters. The normalized spacial score (nSPS) is 11.7. The monoisotopic (exact) mass is 147 g/mol. The molecule has 2 N–H and O–H groups in total. The van der Waals surface area contributed by atoms with Gasteiger partial charge in [-0.1, -0.05) is 0 Å². The van der Waals surface area contributed by atoms with Crippen LogP contribution in [-0.2, 0) is 9.36 Å². The van der Waals surface area contributed by atoms with Crippen molar-refractivity contribution in [2.75, 3.05) is 0 Å². The predicted molar refractivity (Wildman–Crippen MR) is 31.7 cm³/mol. The van der Waals surface area contributed by atoms with E-state index in [2.05, 4.69) is 11.1 Å². The molecule has 0 aromatic heterocycles. The van der Waals surface area contributed by atoms with Gasteiger partial charge in [0.2, 0.25) is 0 Å². The van der Waals surface area contributed by atoms with E-state index in [0.29, 0.717) is 0 Å². The molecule has 0 rings (SSSR count). The second-order valence-corrected chi connectivity index (χ2v) is 1.81. The molecule has 0 aromatic rings. The van der Waals surface area contributed by atoms with E-state index >= 15 is 0 Å². The Morgan fingerprint density at radius 1 is 1.89 bits per heavy atom. The predicted octanol–water partition coefficient (Wildman–Crippen LogP) is 0.258. The fraction of sp³-hybridized carbons (Fsp3) is 0.500. The van der Waals surface area contributed by atoms with Crippen LogP contribution in [0.3, 0.4) is 0 Å². The van der Waals surface area contributed by atoms with Gasteiger partial charge in [0, 0.05) is 0 Å². The number of carboxylic acids is 1. The van der Waals surface area contributed by atoms with E-state index < -0.39 is 12.0 Å². The van der Waals surface area contributed by atoms with Gasteiger partial charge in [0.25, 0.3) is 0 Å². The van der Waals surface area contributed by atoms with E-state index in [1.165, 1.54) is 6.92 Å². The standard InChI is InChI=1S/C4H6NO3P/c1-3(4(6)7)5-2-9-8/h3,5H,1H3,(H,6,7)/t3-/m0/s1. The van der Waals surface area contributed by atoms with Gasteiger partial charge in [-0.2, -0.15) is 0 Å². The third-order valence-electron chi connectivity index (χ3n) is 0.697. The van der Waals surface area contributed by atoms with Crippen LogP contribution < -0.4 is 5.32 Å². The van der Waals surface area contributed by atoms with Gasteiger partial charge in [0.15, 0.2) is 0 Å². The zero-order valence-corrected chi connectivity index (χ0v) is 5.68. The summed E-state index contributed by atoms with van der Waals surface area (Å²) in [6, 6.07) is -0.730. The van der Waals surface area contributed by atoms with Gasteiger partial charge in [0.05, 0.1) is 0 Å². The molecule has 0 aromatic carbocycles. The van der Waals surface area contributed by atoms with Crippen LogP contribution in [0.25, 0.3) is 0 Å². The molecular weight excluding hydrogens is 141 g/mol. The summed E-state index contributed by atoms with van der Waals surface area (Å²) in [5.74, 6) is 1.12. The number of rotatable bonds is 2.